The third-order valence-corrected chi connectivity index (χ3v) is 3.20. The lowest BCUT2D eigenvalue weighted by Crippen LogP contribution is -2.03. The Morgan fingerprint density at radius 2 is 1.78 bits per heavy atom. The second-order valence-electron chi connectivity index (χ2n) is 4.31. The molecule has 0 aromatic heterocycles. The van der Waals surface area contributed by atoms with Crippen LogP contribution in [0.2, 0.25) is 0 Å². The van der Waals surface area contributed by atoms with Crippen LogP contribution in [-0.4, -0.2) is 5.78 Å². The average molecular weight is 307 g/mol. The Balaban J connectivity index is 2.44. The zero-order valence-corrected chi connectivity index (χ0v) is 11.7. The van der Waals surface area contributed by atoms with E-state index in [1.807, 2.05) is 13.0 Å². The van der Waals surface area contributed by atoms with E-state index in [0.29, 0.717) is 16.7 Å². The van der Waals surface area contributed by atoms with Crippen LogP contribution >= 0.6 is 15.9 Å². The van der Waals surface area contributed by atoms with Gasteiger partial charge in [-0.2, -0.15) is 0 Å². The number of hydrogen-bond acceptors (Lipinski definition) is 1. The molecule has 1 nitrogen and oxygen atoms in total. The molecule has 0 fully saturated rings. The fourth-order valence-corrected chi connectivity index (χ4v) is 2.38. The summed E-state index contributed by atoms with van der Waals surface area (Å²) in [6.07, 6.45) is 0. The van der Waals surface area contributed by atoms with Crippen LogP contribution < -0.4 is 0 Å². The SMILES string of the molecule is Cc1cc(Br)cc(C(=O)c2ccc(C)c(F)c2)c1. The van der Waals surface area contributed by atoms with E-state index in [2.05, 4.69) is 15.9 Å². The molecule has 0 saturated carbocycles. The Bertz CT molecular complexity index is 600. The third-order valence-electron chi connectivity index (χ3n) is 2.74. The highest BCUT2D eigenvalue weighted by atomic mass is 79.9. The Labute approximate surface area is 114 Å². The van der Waals surface area contributed by atoms with Gasteiger partial charge in [0.15, 0.2) is 5.78 Å². The lowest BCUT2D eigenvalue weighted by molar-refractivity contribution is 0.103. The van der Waals surface area contributed by atoms with Crippen LogP contribution in [-0.2, 0) is 0 Å². The first-order valence-corrected chi connectivity index (χ1v) is 6.35. The van der Waals surface area contributed by atoms with Crippen molar-refractivity contribution in [2.75, 3.05) is 0 Å². The van der Waals surface area contributed by atoms with Crippen molar-refractivity contribution in [2.24, 2.45) is 0 Å². The minimum absolute atomic E-state index is 0.168. The molecular weight excluding hydrogens is 295 g/mol. The topological polar surface area (TPSA) is 17.1 Å². The summed E-state index contributed by atoms with van der Waals surface area (Å²) in [5, 5.41) is 0. The second-order valence-corrected chi connectivity index (χ2v) is 5.23. The van der Waals surface area contributed by atoms with E-state index >= 15 is 0 Å². The lowest BCUT2D eigenvalue weighted by atomic mass is 10.0. The first kappa shape index (κ1) is 13.0. The van der Waals surface area contributed by atoms with E-state index in [0.717, 1.165) is 10.0 Å². The highest BCUT2D eigenvalue weighted by Crippen LogP contribution is 2.19. The van der Waals surface area contributed by atoms with Crippen molar-refractivity contribution in [3.8, 4) is 0 Å². The molecule has 0 atom stereocenters. The number of hydrogen-bond donors (Lipinski definition) is 0. The summed E-state index contributed by atoms with van der Waals surface area (Å²) in [5.41, 5.74) is 2.46. The van der Waals surface area contributed by atoms with Crippen LogP contribution in [0.4, 0.5) is 4.39 Å². The number of carbonyl (C=O) groups excluding carboxylic acids is 1. The molecule has 0 spiro atoms. The van der Waals surface area contributed by atoms with Crippen molar-refractivity contribution in [2.45, 2.75) is 13.8 Å². The first-order valence-electron chi connectivity index (χ1n) is 5.55. The van der Waals surface area contributed by atoms with Crippen molar-refractivity contribution in [3.05, 3.63) is 68.9 Å². The second kappa shape index (κ2) is 5.02. The third kappa shape index (κ3) is 2.67. The molecule has 0 radical (unpaired) electrons. The van der Waals surface area contributed by atoms with E-state index in [-0.39, 0.29) is 11.6 Å². The van der Waals surface area contributed by atoms with Crippen molar-refractivity contribution in [3.63, 3.8) is 0 Å². The van der Waals surface area contributed by atoms with Gasteiger partial charge in [0, 0.05) is 15.6 Å². The predicted octanol–water partition coefficient (Wildman–Crippen LogP) is 4.44. The van der Waals surface area contributed by atoms with Crippen molar-refractivity contribution in [1.29, 1.82) is 0 Å². The summed E-state index contributed by atoms with van der Waals surface area (Å²) < 4.78 is 14.3. The van der Waals surface area contributed by atoms with Crippen molar-refractivity contribution >= 4 is 21.7 Å². The Morgan fingerprint density at radius 1 is 1.06 bits per heavy atom. The number of benzene rings is 2. The quantitative estimate of drug-likeness (QED) is 0.750. The summed E-state index contributed by atoms with van der Waals surface area (Å²) in [6.45, 7) is 3.59. The molecule has 0 heterocycles. The molecule has 18 heavy (non-hydrogen) atoms. The van der Waals surface area contributed by atoms with Gasteiger partial charge in [0.25, 0.3) is 0 Å². The van der Waals surface area contributed by atoms with Crippen LogP contribution in [0.15, 0.2) is 40.9 Å². The zero-order valence-electron chi connectivity index (χ0n) is 10.1. The molecule has 3 heteroatoms. The smallest absolute Gasteiger partial charge is 0.193 e. The zero-order chi connectivity index (χ0) is 13.3. The predicted molar refractivity (Wildman–Crippen MR) is 73.4 cm³/mol. The summed E-state index contributed by atoms with van der Waals surface area (Å²) >= 11 is 3.35. The van der Waals surface area contributed by atoms with Crippen LogP contribution in [0.5, 0.6) is 0 Å². The fraction of sp³-hybridized carbons (Fsp3) is 0.133. The maximum Gasteiger partial charge on any atom is 0.193 e. The van der Waals surface area contributed by atoms with Crippen LogP contribution in [0.25, 0.3) is 0 Å². The number of ketones is 1. The largest absolute Gasteiger partial charge is 0.289 e. The van der Waals surface area contributed by atoms with E-state index in [1.165, 1.54) is 6.07 Å². The average Bonchev–Trinajstić information content (AvgIpc) is 2.30. The maximum atomic E-state index is 13.5. The normalized spacial score (nSPS) is 10.4. The Kier molecular flexibility index (Phi) is 3.62. The number of rotatable bonds is 2. The molecule has 0 N–H and O–H groups in total. The molecule has 92 valence electrons. The van der Waals surface area contributed by atoms with Gasteiger partial charge >= 0.3 is 0 Å². The molecule has 2 aromatic rings. The van der Waals surface area contributed by atoms with Crippen LogP contribution in [0.3, 0.4) is 0 Å². The van der Waals surface area contributed by atoms with Gasteiger partial charge in [-0.1, -0.05) is 28.1 Å². The minimum Gasteiger partial charge on any atom is -0.289 e. The van der Waals surface area contributed by atoms with Gasteiger partial charge < -0.3 is 0 Å². The Morgan fingerprint density at radius 3 is 2.39 bits per heavy atom. The molecule has 0 aliphatic rings. The fourth-order valence-electron chi connectivity index (χ4n) is 1.77. The van der Waals surface area contributed by atoms with Crippen LogP contribution in [0.1, 0.15) is 27.0 Å². The molecule has 2 aromatic carbocycles. The van der Waals surface area contributed by atoms with Gasteiger partial charge in [0.05, 0.1) is 0 Å². The number of halogens is 2. The minimum atomic E-state index is -0.354. The molecule has 0 saturated heterocycles. The van der Waals surface area contributed by atoms with E-state index in [9.17, 15) is 9.18 Å². The van der Waals surface area contributed by atoms with Crippen molar-refractivity contribution in [1.82, 2.24) is 0 Å². The molecule has 0 unspecified atom stereocenters. The first-order chi connectivity index (χ1) is 8.47. The highest BCUT2D eigenvalue weighted by molar-refractivity contribution is 9.10. The van der Waals surface area contributed by atoms with E-state index in [1.54, 1.807) is 31.2 Å². The van der Waals surface area contributed by atoms with Gasteiger partial charge in [-0.15, -0.1) is 0 Å². The number of carbonyl (C=O) groups is 1. The van der Waals surface area contributed by atoms with Gasteiger partial charge in [-0.3, -0.25) is 4.79 Å². The lowest BCUT2D eigenvalue weighted by Gasteiger charge is -2.05. The number of aryl methyl sites for hydroxylation is 2. The Hall–Kier alpha value is -1.48. The van der Waals surface area contributed by atoms with Gasteiger partial charge in [-0.25, -0.2) is 4.39 Å². The molecule has 0 aliphatic heterocycles. The van der Waals surface area contributed by atoms with E-state index in [4.69, 9.17) is 0 Å². The molecular formula is C15H12BrFO. The summed E-state index contributed by atoms with van der Waals surface area (Å²) in [7, 11) is 0. The van der Waals surface area contributed by atoms with Crippen molar-refractivity contribution < 1.29 is 9.18 Å². The maximum absolute atomic E-state index is 13.5. The molecule has 2 rings (SSSR count). The molecule has 0 bridgehead atoms. The van der Waals surface area contributed by atoms with Gasteiger partial charge in [0.1, 0.15) is 5.82 Å². The van der Waals surface area contributed by atoms with Crippen LogP contribution in [0, 0.1) is 19.7 Å². The molecule has 0 amide bonds. The summed E-state index contributed by atoms with van der Waals surface area (Å²) in [6, 6.07) is 10.0. The van der Waals surface area contributed by atoms with E-state index < -0.39 is 0 Å². The molecule has 0 aliphatic carbocycles. The highest BCUT2D eigenvalue weighted by Gasteiger charge is 2.11. The van der Waals surface area contributed by atoms with Gasteiger partial charge in [-0.05, 0) is 49.2 Å². The summed E-state index contributed by atoms with van der Waals surface area (Å²) in [5.74, 6) is -0.522. The summed E-state index contributed by atoms with van der Waals surface area (Å²) in [4.78, 5) is 12.2. The van der Waals surface area contributed by atoms with Gasteiger partial charge in [0.2, 0.25) is 0 Å². The monoisotopic (exact) mass is 306 g/mol. The standard InChI is InChI=1S/C15H12BrFO/c1-9-5-12(7-13(16)6-9)15(18)11-4-3-10(2)14(17)8-11/h3-8H,1-2H3.